The van der Waals surface area contributed by atoms with Crippen LogP contribution in [0.1, 0.15) is 31.2 Å². The normalized spacial score (nSPS) is 18.5. The van der Waals surface area contributed by atoms with Gasteiger partial charge in [-0.15, -0.1) is 0 Å². The van der Waals surface area contributed by atoms with Crippen LogP contribution in [-0.2, 0) is 11.3 Å². The van der Waals surface area contributed by atoms with Crippen LogP contribution >= 0.6 is 15.9 Å². The second-order valence-corrected chi connectivity index (χ2v) is 6.12. The molecule has 1 unspecified atom stereocenters. The van der Waals surface area contributed by atoms with Gasteiger partial charge >= 0.3 is 0 Å². The van der Waals surface area contributed by atoms with Crippen molar-refractivity contribution in [2.75, 3.05) is 13.6 Å². The van der Waals surface area contributed by atoms with Gasteiger partial charge in [0.2, 0.25) is 5.91 Å². The van der Waals surface area contributed by atoms with Gasteiger partial charge in [0.05, 0.1) is 0 Å². The SMILES string of the molecule is CN(Cc1ccc(Br)cc1)C(=O)CCC1CCCN1. The third kappa shape index (κ3) is 4.62. The summed E-state index contributed by atoms with van der Waals surface area (Å²) in [4.78, 5) is 13.9. The first kappa shape index (κ1) is 14.5. The van der Waals surface area contributed by atoms with Gasteiger partial charge in [-0.1, -0.05) is 28.1 Å². The predicted octanol–water partition coefficient (Wildman–Crippen LogP) is 2.94. The summed E-state index contributed by atoms with van der Waals surface area (Å²) < 4.78 is 1.07. The zero-order chi connectivity index (χ0) is 13.7. The molecule has 1 saturated heterocycles. The molecule has 1 aromatic rings. The van der Waals surface area contributed by atoms with E-state index in [2.05, 4.69) is 21.2 Å². The lowest BCUT2D eigenvalue weighted by Crippen LogP contribution is -2.29. The van der Waals surface area contributed by atoms with Gasteiger partial charge in [0.15, 0.2) is 0 Å². The Morgan fingerprint density at radius 2 is 2.16 bits per heavy atom. The summed E-state index contributed by atoms with van der Waals surface area (Å²) >= 11 is 3.42. The molecule has 0 saturated carbocycles. The minimum atomic E-state index is 0.233. The van der Waals surface area contributed by atoms with Crippen molar-refractivity contribution in [1.29, 1.82) is 0 Å². The fourth-order valence-electron chi connectivity index (χ4n) is 2.44. The van der Waals surface area contributed by atoms with E-state index in [1.807, 2.05) is 36.2 Å². The van der Waals surface area contributed by atoms with E-state index < -0.39 is 0 Å². The zero-order valence-electron chi connectivity index (χ0n) is 11.4. The van der Waals surface area contributed by atoms with E-state index in [9.17, 15) is 4.79 Å². The highest BCUT2D eigenvalue weighted by molar-refractivity contribution is 9.10. The minimum Gasteiger partial charge on any atom is -0.341 e. The van der Waals surface area contributed by atoms with Crippen LogP contribution in [0.5, 0.6) is 0 Å². The van der Waals surface area contributed by atoms with Gasteiger partial charge in [-0.25, -0.2) is 0 Å². The summed E-state index contributed by atoms with van der Waals surface area (Å²) in [5, 5.41) is 3.43. The van der Waals surface area contributed by atoms with Crippen LogP contribution in [0.4, 0.5) is 0 Å². The summed E-state index contributed by atoms with van der Waals surface area (Å²) in [6.07, 6.45) is 4.06. The quantitative estimate of drug-likeness (QED) is 0.903. The van der Waals surface area contributed by atoms with Crippen molar-refractivity contribution in [3.8, 4) is 0 Å². The number of nitrogens with one attached hydrogen (secondary N) is 1. The number of hydrogen-bond acceptors (Lipinski definition) is 2. The molecule has 1 N–H and O–H groups in total. The summed E-state index contributed by atoms with van der Waals surface area (Å²) in [7, 11) is 1.88. The Balaban J connectivity index is 1.76. The summed E-state index contributed by atoms with van der Waals surface area (Å²) in [5.41, 5.74) is 1.16. The molecule has 1 fully saturated rings. The molecule has 1 heterocycles. The number of amides is 1. The molecule has 0 aromatic heterocycles. The maximum atomic E-state index is 12.1. The first-order valence-corrected chi connectivity index (χ1v) is 7.66. The molecule has 19 heavy (non-hydrogen) atoms. The highest BCUT2D eigenvalue weighted by Crippen LogP contribution is 2.14. The number of nitrogens with zero attached hydrogens (tertiary/aromatic N) is 1. The molecule has 0 bridgehead atoms. The summed E-state index contributed by atoms with van der Waals surface area (Å²) in [5.74, 6) is 0.233. The Bertz CT molecular complexity index is 413. The van der Waals surface area contributed by atoms with Crippen molar-refractivity contribution in [2.24, 2.45) is 0 Å². The minimum absolute atomic E-state index is 0.233. The highest BCUT2D eigenvalue weighted by atomic mass is 79.9. The van der Waals surface area contributed by atoms with Crippen molar-refractivity contribution in [3.63, 3.8) is 0 Å². The maximum absolute atomic E-state index is 12.1. The molecule has 0 aliphatic carbocycles. The van der Waals surface area contributed by atoms with Crippen LogP contribution < -0.4 is 5.32 Å². The second kappa shape index (κ2) is 7.06. The van der Waals surface area contributed by atoms with Crippen molar-refractivity contribution in [3.05, 3.63) is 34.3 Å². The van der Waals surface area contributed by atoms with Crippen LogP contribution in [0.25, 0.3) is 0 Å². The lowest BCUT2D eigenvalue weighted by Gasteiger charge is -2.18. The fraction of sp³-hybridized carbons (Fsp3) is 0.533. The van der Waals surface area contributed by atoms with Gasteiger partial charge in [0, 0.05) is 30.5 Å². The molecular weight excluding hydrogens is 304 g/mol. The average Bonchev–Trinajstić information content (AvgIpc) is 2.91. The van der Waals surface area contributed by atoms with Gasteiger partial charge in [-0.2, -0.15) is 0 Å². The third-order valence-electron chi connectivity index (χ3n) is 3.63. The number of rotatable bonds is 5. The molecule has 1 aromatic carbocycles. The predicted molar refractivity (Wildman–Crippen MR) is 80.9 cm³/mol. The van der Waals surface area contributed by atoms with Crippen LogP contribution in [0.3, 0.4) is 0 Å². The fourth-order valence-corrected chi connectivity index (χ4v) is 2.71. The molecular formula is C15H21BrN2O. The van der Waals surface area contributed by atoms with Gasteiger partial charge in [0.25, 0.3) is 0 Å². The van der Waals surface area contributed by atoms with E-state index in [0.29, 0.717) is 19.0 Å². The smallest absolute Gasteiger partial charge is 0.222 e. The first-order valence-electron chi connectivity index (χ1n) is 6.87. The monoisotopic (exact) mass is 324 g/mol. The van der Waals surface area contributed by atoms with E-state index >= 15 is 0 Å². The topological polar surface area (TPSA) is 32.3 Å². The van der Waals surface area contributed by atoms with Crippen molar-refractivity contribution < 1.29 is 4.79 Å². The molecule has 1 aliphatic rings. The van der Waals surface area contributed by atoms with Crippen molar-refractivity contribution >= 4 is 21.8 Å². The lowest BCUT2D eigenvalue weighted by molar-refractivity contribution is -0.130. The Hall–Kier alpha value is -0.870. The van der Waals surface area contributed by atoms with E-state index in [-0.39, 0.29) is 5.91 Å². The van der Waals surface area contributed by atoms with Gasteiger partial charge < -0.3 is 10.2 Å². The summed E-state index contributed by atoms with van der Waals surface area (Å²) in [6, 6.07) is 8.66. The third-order valence-corrected chi connectivity index (χ3v) is 4.16. The standard InChI is InChI=1S/C15H21BrN2O/c1-18(11-12-4-6-13(16)7-5-12)15(19)9-8-14-3-2-10-17-14/h4-7,14,17H,2-3,8-11H2,1H3. The number of halogens is 1. The molecule has 4 heteroatoms. The first-order chi connectivity index (χ1) is 9.15. The molecule has 2 rings (SSSR count). The molecule has 0 spiro atoms. The number of carbonyl (C=O) groups is 1. The van der Waals surface area contributed by atoms with Crippen LogP contribution in [0.15, 0.2) is 28.7 Å². The average molecular weight is 325 g/mol. The molecule has 1 atom stereocenters. The highest BCUT2D eigenvalue weighted by Gasteiger charge is 2.16. The number of hydrogen-bond donors (Lipinski definition) is 1. The molecule has 104 valence electrons. The van der Waals surface area contributed by atoms with Crippen molar-refractivity contribution in [1.82, 2.24) is 10.2 Å². The van der Waals surface area contributed by atoms with Crippen LogP contribution in [0, 0.1) is 0 Å². The van der Waals surface area contributed by atoms with E-state index in [1.165, 1.54) is 12.8 Å². The number of carbonyl (C=O) groups excluding carboxylic acids is 1. The van der Waals surface area contributed by atoms with E-state index in [4.69, 9.17) is 0 Å². The van der Waals surface area contributed by atoms with E-state index in [1.54, 1.807) is 0 Å². The summed E-state index contributed by atoms with van der Waals surface area (Å²) in [6.45, 7) is 1.79. The zero-order valence-corrected chi connectivity index (χ0v) is 12.9. The second-order valence-electron chi connectivity index (χ2n) is 5.21. The van der Waals surface area contributed by atoms with Gasteiger partial charge in [-0.3, -0.25) is 4.79 Å². The molecule has 1 aliphatic heterocycles. The van der Waals surface area contributed by atoms with Crippen molar-refractivity contribution in [2.45, 2.75) is 38.3 Å². The van der Waals surface area contributed by atoms with Crippen LogP contribution in [0.2, 0.25) is 0 Å². The Labute approximate surface area is 123 Å². The lowest BCUT2D eigenvalue weighted by atomic mass is 10.1. The number of benzene rings is 1. The maximum Gasteiger partial charge on any atom is 0.222 e. The van der Waals surface area contributed by atoms with E-state index in [0.717, 1.165) is 23.0 Å². The van der Waals surface area contributed by atoms with Gasteiger partial charge in [0.1, 0.15) is 0 Å². The van der Waals surface area contributed by atoms with Crippen LogP contribution in [-0.4, -0.2) is 30.4 Å². The molecule has 3 nitrogen and oxygen atoms in total. The van der Waals surface area contributed by atoms with Gasteiger partial charge in [-0.05, 0) is 43.5 Å². The molecule has 1 amide bonds. The largest absolute Gasteiger partial charge is 0.341 e. The Morgan fingerprint density at radius 3 is 2.79 bits per heavy atom. The Kier molecular flexibility index (Phi) is 5.40. The Morgan fingerprint density at radius 1 is 1.42 bits per heavy atom. The molecule has 0 radical (unpaired) electrons.